The van der Waals surface area contributed by atoms with Crippen LogP contribution < -0.4 is 0 Å². The van der Waals surface area contributed by atoms with Crippen molar-refractivity contribution >= 4 is 23.5 Å². The number of hydrogen-bond donors (Lipinski definition) is 1. The second kappa shape index (κ2) is 9.02. The van der Waals surface area contributed by atoms with Gasteiger partial charge in [-0.1, -0.05) is 13.0 Å². The molecule has 1 N–H and O–H groups in total. The lowest BCUT2D eigenvalue weighted by molar-refractivity contribution is 0.191. The van der Waals surface area contributed by atoms with Crippen LogP contribution in [0.15, 0.2) is 28.2 Å². The minimum atomic E-state index is -0.116. The highest BCUT2D eigenvalue weighted by Crippen LogP contribution is 2.23. The van der Waals surface area contributed by atoms with E-state index in [1.54, 1.807) is 26.0 Å². The maximum Gasteiger partial charge on any atom is 0.240 e. The number of carbonyl (C=O) groups excluding carboxylic acids is 2. The highest BCUT2D eigenvalue weighted by atomic mass is 16.3. The summed E-state index contributed by atoms with van der Waals surface area (Å²) in [5.74, 6) is 0. The van der Waals surface area contributed by atoms with Gasteiger partial charge in [-0.25, -0.2) is 9.59 Å². The number of isocyanates is 2. The number of nitrogens with zero attached hydrogens (tertiary/aromatic N) is 2. The van der Waals surface area contributed by atoms with Crippen LogP contribution in [0.4, 0.5) is 11.4 Å². The monoisotopic (exact) mass is 248 g/mol. The Hall–Kier alpha value is -2.06. The topological polar surface area (TPSA) is 79.1 Å². The van der Waals surface area contributed by atoms with E-state index in [1.165, 1.54) is 18.2 Å². The van der Waals surface area contributed by atoms with E-state index in [-0.39, 0.29) is 6.10 Å². The second-order valence-corrected chi connectivity index (χ2v) is 3.63. The van der Waals surface area contributed by atoms with E-state index < -0.39 is 0 Å². The lowest BCUT2D eigenvalue weighted by Gasteiger charge is -1.97. The van der Waals surface area contributed by atoms with E-state index in [1.807, 2.05) is 6.92 Å². The lowest BCUT2D eigenvalue weighted by Crippen LogP contribution is -1.93. The summed E-state index contributed by atoms with van der Waals surface area (Å²) >= 11 is 0. The molecule has 1 atom stereocenters. The van der Waals surface area contributed by atoms with Crippen LogP contribution >= 0.6 is 0 Å². The van der Waals surface area contributed by atoms with Crippen molar-refractivity contribution in [3.8, 4) is 0 Å². The highest BCUT2D eigenvalue weighted by molar-refractivity contribution is 5.61. The minimum absolute atomic E-state index is 0.116. The van der Waals surface area contributed by atoms with Crippen molar-refractivity contribution in [1.29, 1.82) is 0 Å². The summed E-state index contributed by atoms with van der Waals surface area (Å²) in [6.07, 6.45) is 3.58. The molecule has 0 amide bonds. The summed E-state index contributed by atoms with van der Waals surface area (Å²) in [5.41, 5.74) is 1.72. The average molecular weight is 248 g/mol. The Bertz CT molecular complexity index is 471. The van der Waals surface area contributed by atoms with Gasteiger partial charge >= 0.3 is 0 Å². The molecule has 5 nitrogen and oxygen atoms in total. The fourth-order valence-corrected chi connectivity index (χ4v) is 0.890. The second-order valence-electron chi connectivity index (χ2n) is 3.63. The van der Waals surface area contributed by atoms with Crippen molar-refractivity contribution in [1.82, 2.24) is 0 Å². The molecule has 1 rings (SSSR count). The number of rotatable bonds is 3. The summed E-state index contributed by atoms with van der Waals surface area (Å²) in [6.45, 7) is 5.52. The first-order valence-corrected chi connectivity index (χ1v) is 5.49. The molecule has 0 spiro atoms. The van der Waals surface area contributed by atoms with E-state index in [2.05, 4.69) is 9.98 Å². The molecule has 0 bridgehead atoms. The normalized spacial score (nSPS) is 10.2. The molecule has 18 heavy (non-hydrogen) atoms. The van der Waals surface area contributed by atoms with Crippen molar-refractivity contribution in [2.24, 2.45) is 9.98 Å². The van der Waals surface area contributed by atoms with E-state index >= 15 is 0 Å². The molecule has 0 aliphatic rings. The highest BCUT2D eigenvalue weighted by Gasteiger charge is 1.97. The molecular formula is C13H16N2O3. The molecule has 0 saturated carbocycles. The molecule has 0 heterocycles. The number of aliphatic imine (C=N–C) groups is 2. The summed E-state index contributed by atoms with van der Waals surface area (Å²) in [4.78, 5) is 26.8. The third kappa shape index (κ3) is 6.51. The quantitative estimate of drug-likeness (QED) is 0.659. The van der Waals surface area contributed by atoms with Gasteiger partial charge in [0.15, 0.2) is 0 Å². The summed E-state index contributed by atoms with van der Waals surface area (Å²) in [7, 11) is 0. The van der Waals surface area contributed by atoms with Gasteiger partial charge in [0.1, 0.15) is 0 Å². The standard InChI is InChI=1S/C9H6N2O2.C4H10O/c1-7-2-3-8(10-5-12)4-9(7)11-6-13;1-3-4(2)5/h2-4H,1H3;4-5H,3H2,1-2H3. The summed E-state index contributed by atoms with van der Waals surface area (Å²) in [6, 6.07) is 4.88. The first-order valence-electron chi connectivity index (χ1n) is 5.49. The zero-order valence-electron chi connectivity index (χ0n) is 10.7. The van der Waals surface area contributed by atoms with Crippen LogP contribution in [0, 0.1) is 6.92 Å². The Morgan fingerprint density at radius 3 is 2.28 bits per heavy atom. The van der Waals surface area contributed by atoms with Gasteiger partial charge in [0.05, 0.1) is 17.5 Å². The van der Waals surface area contributed by atoms with Crippen molar-refractivity contribution in [2.75, 3.05) is 0 Å². The molecule has 0 aliphatic heterocycles. The summed E-state index contributed by atoms with van der Waals surface area (Å²) in [5, 5.41) is 8.36. The Kier molecular flexibility index (Phi) is 7.99. The molecule has 96 valence electrons. The van der Waals surface area contributed by atoms with Gasteiger partial charge in [0.25, 0.3) is 0 Å². The van der Waals surface area contributed by atoms with Gasteiger partial charge in [0, 0.05) is 0 Å². The van der Waals surface area contributed by atoms with Gasteiger partial charge in [0.2, 0.25) is 12.2 Å². The molecule has 5 heteroatoms. The Labute approximate surface area is 106 Å². The van der Waals surface area contributed by atoms with Gasteiger partial charge in [-0.3, -0.25) is 0 Å². The van der Waals surface area contributed by atoms with Crippen LogP contribution in [0.2, 0.25) is 0 Å². The van der Waals surface area contributed by atoms with Crippen molar-refractivity contribution in [3.63, 3.8) is 0 Å². The van der Waals surface area contributed by atoms with Crippen LogP contribution in [0.5, 0.6) is 0 Å². The first kappa shape index (κ1) is 15.9. The number of benzene rings is 1. The number of aliphatic hydroxyl groups excluding tert-OH is 1. The Morgan fingerprint density at radius 2 is 1.83 bits per heavy atom. The predicted molar refractivity (Wildman–Crippen MR) is 68.7 cm³/mol. The third-order valence-electron chi connectivity index (χ3n) is 2.12. The van der Waals surface area contributed by atoms with Gasteiger partial charge in [-0.05, 0) is 38.0 Å². The summed E-state index contributed by atoms with van der Waals surface area (Å²) < 4.78 is 0. The maximum absolute atomic E-state index is 10.00. The third-order valence-corrected chi connectivity index (χ3v) is 2.12. The number of aliphatic hydroxyl groups is 1. The lowest BCUT2D eigenvalue weighted by atomic mass is 10.2. The molecule has 0 aliphatic carbocycles. The van der Waals surface area contributed by atoms with Crippen LogP contribution in [0.3, 0.4) is 0 Å². The smallest absolute Gasteiger partial charge is 0.240 e. The predicted octanol–water partition coefficient (Wildman–Crippen LogP) is 2.71. The maximum atomic E-state index is 10.00. The van der Waals surface area contributed by atoms with Crippen molar-refractivity contribution in [2.45, 2.75) is 33.3 Å². The van der Waals surface area contributed by atoms with Crippen LogP contribution in [0.1, 0.15) is 25.8 Å². The number of hydrogen-bond acceptors (Lipinski definition) is 5. The van der Waals surface area contributed by atoms with E-state index in [0.717, 1.165) is 12.0 Å². The molecule has 1 aromatic carbocycles. The molecule has 0 saturated heterocycles. The molecule has 0 fully saturated rings. The fourth-order valence-electron chi connectivity index (χ4n) is 0.890. The van der Waals surface area contributed by atoms with Crippen molar-refractivity contribution in [3.05, 3.63) is 23.8 Å². The van der Waals surface area contributed by atoms with Crippen LogP contribution in [-0.4, -0.2) is 23.4 Å². The van der Waals surface area contributed by atoms with Crippen molar-refractivity contribution < 1.29 is 14.7 Å². The molecule has 1 unspecified atom stereocenters. The largest absolute Gasteiger partial charge is 0.393 e. The molecule has 0 radical (unpaired) electrons. The van der Waals surface area contributed by atoms with Crippen LogP contribution in [-0.2, 0) is 9.59 Å². The van der Waals surface area contributed by atoms with Gasteiger partial charge in [-0.15, -0.1) is 0 Å². The molecule has 1 aromatic rings. The van der Waals surface area contributed by atoms with Crippen LogP contribution in [0.25, 0.3) is 0 Å². The Morgan fingerprint density at radius 1 is 1.28 bits per heavy atom. The number of aryl methyl sites for hydroxylation is 1. The van der Waals surface area contributed by atoms with E-state index in [9.17, 15) is 9.59 Å². The fraction of sp³-hybridized carbons (Fsp3) is 0.385. The SMILES string of the molecule is CCC(C)O.Cc1ccc(N=C=O)cc1N=C=O. The Balaban J connectivity index is 0.000000494. The molecular weight excluding hydrogens is 232 g/mol. The molecule has 0 aromatic heterocycles. The average Bonchev–Trinajstić information content (AvgIpc) is 2.35. The first-order chi connectivity index (χ1) is 8.54. The minimum Gasteiger partial charge on any atom is -0.393 e. The van der Waals surface area contributed by atoms with Gasteiger partial charge in [-0.2, -0.15) is 9.98 Å². The zero-order chi connectivity index (χ0) is 14.0. The van der Waals surface area contributed by atoms with E-state index in [0.29, 0.717) is 11.4 Å². The van der Waals surface area contributed by atoms with Gasteiger partial charge < -0.3 is 5.11 Å². The zero-order valence-corrected chi connectivity index (χ0v) is 10.7. The van der Waals surface area contributed by atoms with E-state index in [4.69, 9.17) is 5.11 Å².